The van der Waals surface area contributed by atoms with E-state index >= 15 is 0 Å². The summed E-state index contributed by atoms with van der Waals surface area (Å²) >= 11 is 5.85. The summed E-state index contributed by atoms with van der Waals surface area (Å²) in [6.45, 7) is 6.89. The Balaban J connectivity index is 2.78. The fourth-order valence-electron chi connectivity index (χ4n) is 1.80. The maximum atomic E-state index is 5.85. The van der Waals surface area contributed by atoms with E-state index < -0.39 is 0 Å². The zero-order valence-corrected chi connectivity index (χ0v) is 11.8. The summed E-state index contributed by atoms with van der Waals surface area (Å²) in [5.41, 5.74) is 3.19. The number of aryl methyl sites for hydroxylation is 1. The van der Waals surface area contributed by atoms with Crippen molar-refractivity contribution in [3.63, 3.8) is 0 Å². The minimum atomic E-state index is 0.338. The molecule has 4 heteroatoms. The topological polar surface area (TPSA) is 34.2 Å². The van der Waals surface area contributed by atoms with Crippen molar-refractivity contribution in [2.75, 3.05) is 13.0 Å². The number of nitrogens with one attached hydrogen (secondary N) is 1. The molecule has 0 saturated carbocycles. The van der Waals surface area contributed by atoms with Crippen LogP contribution >= 0.6 is 11.6 Å². The van der Waals surface area contributed by atoms with Crippen LogP contribution in [0.3, 0.4) is 0 Å². The maximum Gasteiger partial charge on any atom is 0.128 e. The number of methoxy groups -OCH3 is 1. The molecule has 1 aromatic rings. The van der Waals surface area contributed by atoms with Gasteiger partial charge in [0.15, 0.2) is 0 Å². The molecule has 1 unspecified atom stereocenters. The lowest BCUT2D eigenvalue weighted by Crippen LogP contribution is -2.30. The predicted octanol–water partition coefficient (Wildman–Crippen LogP) is 2.81. The van der Waals surface area contributed by atoms with Crippen LogP contribution in [0.4, 0.5) is 0 Å². The van der Waals surface area contributed by atoms with Gasteiger partial charge in [-0.25, -0.2) is 0 Å². The Labute approximate surface area is 109 Å². The molecule has 0 saturated heterocycles. The lowest BCUT2D eigenvalue weighted by molar-refractivity contribution is 0.406. The molecule has 3 nitrogen and oxygen atoms in total. The van der Waals surface area contributed by atoms with Gasteiger partial charge in [-0.15, -0.1) is 11.6 Å². The van der Waals surface area contributed by atoms with Gasteiger partial charge in [0, 0.05) is 35.8 Å². The van der Waals surface area contributed by atoms with Gasteiger partial charge in [-0.05, 0) is 20.3 Å². The molecule has 0 aliphatic heterocycles. The van der Waals surface area contributed by atoms with E-state index in [1.165, 1.54) is 0 Å². The van der Waals surface area contributed by atoms with Crippen molar-refractivity contribution in [2.24, 2.45) is 0 Å². The van der Waals surface area contributed by atoms with Crippen LogP contribution in [0, 0.1) is 13.8 Å². The minimum Gasteiger partial charge on any atom is -0.496 e. The highest BCUT2D eigenvalue weighted by atomic mass is 35.5. The second kappa shape index (κ2) is 6.82. The van der Waals surface area contributed by atoms with Crippen molar-refractivity contribution in [1.82, 2.24) is 10.3 Å². The first-order valence-electron chi connectivity index (χ1n) is 5.92. The molecule has 0 aromatic carbocycles. The van der Waals surface area contributed by atoms with Gasteiger partial charge in [-0.1, -0.05) is 6.92 Å². The van der Waals surface area contributed by atoms with E-state index in [1.54, 1.807) is 7.11 Å². The summed E-state index contributed by atoms with van der Waals surface area (Å²) in [4.78, 5) is 4.44. The van der Waals surface area contributed by atoms with E-state index in [2.05, 4.69) is 17.2 Å². The highest BCUT2D eigenvalue weighted by Gasteiger charge is 2.10. The molecule has 1 heterocycles. The lowest BCUT2D eigenvalue weighted by atomic mass is 10.1. The van der Waals surface area contributed by atoms with Crippen LogP contribution in [0.2, 0.25) is 0 Å². The number of hydrogen-bond donors (Lipinski definition) is 1. The predicted molar refractivity (Wildman–Crippen MR) is 71.9 cm³/mol. The van der Waals surface area contributed by atoms with E-state index in [-0.39, 0.29) is 0 Å². The minimum absolute atomic E-state index is 0.338. The largest absolute Gasteiger partial charge is 0.496 e. The van der Waals surface area contributed by atoms with Gasteiger partial charge in [0.1, 0.15) is 5.75 Å². The molecular weight excluding hydrogens is 236 g/mol. The molecule has 1 aromatic heterocycles. The molecule has 0 fully saturated rings. The van der Waals surface area contributed by atoms with Gasteiger partial charge in [-0.2, -0.15) is 0 Å². The van der Waals surface area contributed by atoms with Crippen LogP contribution in [0.5, 0.6) is 5.75 Å². The summed E-state index contributed by atoms with van der Waals surface area (Å²) in [6, 6.07) is 0.338. The normalized spacial score (nSPS) is 12.5. The Kier molecular flexibility index (Phi) is 5.72. The summed E-state index contributed by atoms with van der Waals surface area (Å²) in [5.74, 6) is 1.55. The quantitative estimate of drug-likeness (QED) is 0.795. The maximum absolute atomic E-state index is 5.85. The SMILES string of the molecule is CCC(CCl)NCc1ncc(C)c(OC)c1C. The zero-order chi connectivity index (χ0) is 12.8. The van der Waals surface area contributed by atoms with Crippen LogP contribution < -0.4 is 10.1 Å². The molecule has 0 radical (unpaired) electrons. The van der Waals surface area contributed by atoms with E-state index in [0.717, 1.165) is 35.5 Å². The Bertz CT molecular complexity index is 365. The van der Waals surface area contributed by atoms with Crippen LogP contribution in [-0.4, -0.2) is 24.0 Å². The van der Waals surface area contributed by atoms with Crippen LogP contribution in [0.1, 0.15) is 30.2 Å². The zero-order valence-electron chi connectivity index (χ0n) is 11.0. The molecular formula is C13H21ClN2O. The second-order valence-electron chi connectivity index (χ2n) is 4.19. The number of aromatic nitrogens is 1. The summed E-state index contributed by atoms with van der Waals surface area (Å²) < 4.78 is 5.38. The highest BCUT2D eigenvalue weighted by molar-refractivity contribution is 6.18. The molecule has 1 rings (SSSR count). The molecule has 17 heavy (non-hydrogen) atoms. The number of rotatable bonds is 6. The average molecular weight is 257 g/mol. The van der Waals surface area contributed by atoms with E-state index in [9.17, 15) is 0 Å². The van der Waals surface area contributed by atoms with Crippen molar-refractivity contribution in [3.8, 4) is 5.75 Å². The number of alkyl halides is 1. The molecule has 0 bridgehead atoms. The van der Waals surface area contributed by atoms with Crippen molar-refractivity contribution < 1.29 is 4.74 Å². The number of ether oxygens (including phenoxy) is 1. The monoisotopic (exact) mass is 256 g/mol. The Morgan fingerprint density at radius 2 is 2.18 bits per heavy atom. The standard InChI is InChI=1S/C13H21ClN2O/c1-5-11(6-14)15-8-12-10(3)13(17-4)9(2)7-16-12/h7,11,15H,5-6,8H2,1-4H3. The van der Waals surface area contributed by atoms with Gasteiger partial charge in [0.05, 0.1) is 12.8 Å². The van der Waals surface area contributed by atoms with Gasteiger partial charge in [0.25, 0.3) is 0 Å². The first kappa shape index (κ1) is 14.3. The third-order valence-corrected chi connectivity index (χ3v) is 3.36. The molecule has 96 valence electrons. The van der Waals surface area contributed by atoms with Gasteiger partial charge >= 0.3 is 0 Å². The highest BCUT2D eigenvalue weighted by Crippen LogP contribution is 2.23. The van der Waals surface area contributed by atoms with Crippen molar-refractivity contribution in [1.29, 1.82) is 0 Å². The van der Waals surface area contributed by atoms with Crippen LogP contribution in [0.25, 0.3) is 0 Å². The van der Waals surface area contributed by atoms with Crippen molar-refractivity contribution >= 4 is 11.6 Å². The molecule has 0 aliphatic rings. The fourth-order valence-corrected chi connectivity index (χ4v) is 2.13. The van der Waals surface area contributed by atoms with Crippen molar-refractivity contribution in [3.05, 3.63) is 23.0 Å². The number of pyridine rings is 1. The second-order valence-corrected chi connectivity index (χ2v) is 4.50. The molecule has 0 amide bonds. The Hall–Kier alpha value is -0.800. The summed E-state index contributed by atoms with van der Waals surface area (Å²) in [7, 11) is 1.69. The first-order valence-corrected chi connectivity index (χ1v) is 6.45. The van der Waals surface area contributed by atoms with E-state index in [1.807, 2.05) is 20.0 Å². The average Bonchev–Trinajstić information content (AvgIpc) is 2.33. The third kappa shape index (κ3) is 3.58. The number of nitrogens with zero attached hydrogens (tertiary/aromatic N) is 1. The van der Waals surface area contributed by atoms with Gasteiger partial charge in [-0.3, -0.25) is 4.98 Å². The molecule has 1 N–H and O–H groups in total. The summed E-state index contributed by atoms with van der Waals surface area (Å²) in [6.07, 6.45) is 2.87. The molecule has 0 spiro atoms. The van der Waals surface area contributed by atoms with Crippen LogP contribution in [-0.2, 0) is 6.54 Å². The summed E-state index contributed by atoms with van der Waals surface area (Å²) in [5, 5.41) is 3.40. The first-order chi connectivity index (χ1) is 8.13. The molecule has 1 atom stereocenters. The van der Waals surface area contributed by atoms with Gasteiger partial charge in [0.2, 0.25) is 0 Å². The lowest BCUT2D eigenvalue weighted by Gasteiger charge is -2.16. The third-order valence-electron chi connectivity index (χ3n) is 2.99. The number of hydrogen-bond acceptors (Lipinski definition) is 3. The van der Waals surface area contributed by atoms with E-state index in [4.69, 9.17) is 16.3 Å². The number of halogens is 1. The molecule has 0 aliphatic carbocycles. The fraction of sp³-hybridized carbons (Fsp3) is 0.615. The van der Waals surface area contributed by atoms with Crippen molar-refractivity contribution in [2.45, 2.75) is 39.8 Å². The van der Waals surface area contributed by atoms with Crippen LogP contribution in [0.15, 0.2) is 6.20 Å². The Morgan fingerprint density at radius 1 is 1.47 bits per heavy atom. The Morgan fingerprint density at radius 3 is 2.71 bits per heavy atom. The van der Waals surface area contributed by atoms with Gasteiger partial charge < -0.3 is 10.1 Å². The van der Waals surface area contributed by atoms with E-state index in [0.29, 0.717) is 11.9 Å². The smallest absolute Gasteiger partial charge is 0.128 e.